The molecule has 0 radical (unpaired) electrons. The van der Waals surface area contributed by atoms with Crippen molar-refractivity contribution in [1.29, 1.82) is 0 Å². The molecule has 1 heterocycles. The monoisotopic (exact) mass is 214 g/mol. The van der Waals surface area contributed by atoms with E-state index in [-0.39, 0.29) is 12.2 Å². The third-order valence-electron chi connectivity index (χ3n) is 1.77. The van der Waals surface area contributed by atoms with Crippen LogP contribution in [0.3, 0.4) is 0 Å². The first-order valence-corrected chi connectivity index (χ1v) is 4.11. The Hall–Kier alpha value is -1.89. The quantitative estimate of drug-likeness (QED) is 0.450. The second-order valence-corrected chi connectivity index (χ2v) is 2.82. The molecule has 7 nitrogen and oxygen atoms in total. The molecule has 0 aliphatic rings. The number of nitro groups is 1. The molecule has 1 aromatic rings. The second-order valence-electron chi connectivity index (χ2n) is 2.82. The van der Waals surface area contributed by atoms with Crippen LogP contribution in [0.1, 0.15) is 18.2 Å². The van der Waals surface area contributed by atoms with Crippen molar-refractivity contribution in [3.63, 3.8) is 0 Å². The van der Waals surface area contributed by atoms with Crippen LogP contribution in [-0.2, 0) is 9.53 Å². The number of nitrogens with two attached hydrogens (primary N) is 1. The Kier molecular flexibility index (Phi) is 3.40. The Labute approximate surface area is 85.0 Å². The van der Waals surface area contributed by atoms with E-state index in [2.05, 4.69) is 4.74 Å². The van der Waals surface area contributed by atoms with Crippen LogP contribution in [0.4, 0.5) is 5.88 Å². The van der Waals surface area contributed by atoms with E-state index in [1.165, 1.54) is 19.2 Å². The molecule has 2 N–H and O–H groups in total. The summed E-state index contributed by atoms with van der Waals surface area (Å²) in [7, 11) is 1.24. The van der Waals surface area contributed by atoms with Crippen molar-refractivity contribution in [2.45, 2.75) is 12.5 Å². The molecule has 0 unspecified atom stereocenters. The Bertz CT molecular complexity index is 373. The SMILES string of the molecule is COC(=O)C[C@@H](N)c1ccc([N+](=O)[O-])o1. The van der Waals surface area contributed by atoms with Gasteiger partial charge in [0, 0.05) is 0 Å². The molecule has 0 aromatic carbocycles. The number of carbonyl (C=O) groups is 1. The van der Waals surface area contributed by atoms with Gasteiger partial charge in [0.25, 0.3) is 0 Å². The molecule has 0 saturated carbocycles. The molecular weight excluding hydrogens is 204 g/mol. The van der Waals surface area contributed by atoms with E-state index in [0.29, 0.717) is 0 Å². The van der Waals surface area contributed by atoms with Gasteiger partial charge in [-0.1, -0.05) is 0 Å². The average Bonchev–Trinajstić information content (AvgIpc) is 2.66. The van der Waals surface area contributed by atoms with Gasteiger partial charge in [-0.25, -0.2) is 0 Å². The van der Waals surface area contributed by atoms with Crippen molar-refractivity contribution < 1.29 is 18.9 Å². The molecule has 7 heteroatoms. The topological polar surface area (TPSA) is 109 Å². The summed E-state index contributed by atoms with van der Waals surface area (Å²) in [6.45, 7) is 0. The predicted molar refractivity (Wildman–Crippen MR) is 48.9 cm³/mol. The highest BCUT2D eigenvalue weighted by Gasteiger charge is 2.19. The van der Waals surface area contributed by atoms with Crippen LogP contribution in [0.5, 0.6) is 0 Å². The van der Waals surface area contributed by atoms with Crippen LogP contribution < -0.4 is 5.73 Å². The number of carbonyl (C=O) groups excluding carboxylic acids is 1. The van der Waals surface area contributed by atoms with Gasteiger partial charge in [-0.2, -0.15) is 0 Å². The molecule has 0 saturated heterocycles. The Morgan fingerprint density at radius 2 is 2.40 bits per heavy atom. The molecule has 82 valence electrons. The molecule has 15 heavy (non-hydrogen) atoms. The average molecular weight is 214 g/mol. The molecular formula is C8H10N2O5. The van der Waals surface area contributed by atoms with Crippen LogP contribution in [0.15, 0.2) is 16.5 Å². The van der Waals surface area contributed by atoms with Gasteiger partial charge in [0.15, 0.2) is 0 Å². The van der Waals surface area contributed by atoms with E-state index < -0.39 is 22.8 Å². The number of ether oxygens (including phenoxy) is 1. The maximum atomic E-state index is 10.9. The number of hydrogen-bond donors (Lipinski definition) is 1. The van der Waals surface area contributed by atoms with Gasteiger partial charge in [-0.3, -0.25) is 14.9 Å². The molecule has 0 fully saturated rings. The third kappa shape index (κ3) is 2.78. The van der Waals surface area contributed by atoms with Crippen LogP contribution >= 0.6 is 0 Å². The van der Waals surface area contributed by atoms with Crippen LogP contribution in [-0.4, -0.2) is 18.0 Å². The number of hydrogen-bond acceptors (Lipinski definition) is 6. The first kappa shape index (κ1) is 11.2. The number of rotatable bonds is 4. The summed E-state index contributed by atoms with van der Waals surface area (Å²) >= 11 is 0. The Balaban J connectivity index is 2.69. The van der Waals surface area contributed by atoms with E-state index >= 15 is 0 Å². The molecule has 1 rings (SSSR count). The standard InChI is InChI=1S/C8H10N2O5/c1-14-8(11)4-5(9)6-2-3-7(15-6)10(12)13/h2-3,5H,4,9H2,1H3/t5-/m1/s1. The van der Waals surface area contributed by atoms with Gasteiger partial charge in [-0.15, -0.1) is 0 Å². The predicted octanol–water partition coefficient (Wildman–Crippen LogP) is 0.751. The van der Waals surface area contributed by atoms with Crippen molar-refractivity contribution >= 4 is 11.9 Å². The third-order valence-corrected chi connectivity index (χ3v) is 1.77. The van der Waals surface area contributed by atoms with E-state index in [0.717, 1.165) is 0 Å². The highest BCUT2D eigenvalue weighted by Crippen LogP contribution is 2.22. The van der Waals surface area contributed by atoms with Crippen molar-refractivity contribution in [1.82, 2.24) is 0 Å². The number of nitrogens with zero attached hydrogens (tertiary/aromatic N) is 1. The maximum Gasteiger partial charge on any atom is 0.433 e. The van der Waals surface area contributed by atoms with E-state index in [9.17, 15) is 14.9 Å². The van der Waals surface area contributed by atoms with E-state index in [1.54, 1.807) is 0 Å². The Morgan fingerprint density at radius 3 is 2.87 bits per heavy atom. The van der Waals surface area contributed by atoms with Gasteiger partial charge in [0.2, 0.25) is 0 Å². The molecule has 0 aliphatic heterocycles. The summed E-state index contributed by atoms with van der Waals surface area (Å²) in [6, 6.07) is 1.82. The highest BCUT2D eigenvalue weighted by atomic mass is 16.6. The van der Waals surface area contributed by atoms with Gasteiger partial charge >= 0.3 is 11.9 Å². The maximum absolute atomic E-state index is 10.9. The highest BCUT2D eigenvalue weighted by molar-refractivity contribution is 5.70. The molecule has 0 aliphatic carbocycles. The van der Waals surface area contributed by atoms with Gasteiger partial charge in [-0.05, 0) is 6.07 Å². The lowest BCUT2D eigenvalue weighted by molar-refractivity contribution is -0.402. The smallest absolute Gasteiger partial charge is 0.433 e. The fraction of sp³-hybridized carbons (Fsp3) is 0.375. The lowest BCUT2D eigenvalue weighted by atomic mass is 10.2. The van der Waals surface area contributed by atoms with Crippen LogP contribution in [0.2, 0.25) is 0 Å². The summed E-state index contributed by atoms with van der Waals surface area (Å²) in [5.41, 5.74) is 5.57. The van der Waals surface area contributed by atoms with Gasteiger partial charge in [0.1, 0.15) is 10.7 Å². The summed E-state index contributed by atoms with van der Waals surface area (Å²) < 4.78 is 9.22. The number of esters is 1. The molecule has 1 atom stereocenters. The summed E-state index contributed by atoms with van der Waals surface area (Å²) in [5, 5.41) is 10.3. The second kappa shape index (κ2) is 4.56. The van der Waals surface area contributed by atoms with Crippen molar-refractivity contribution in [2.75, 3.05) is 7.11 Å². The first-order chi connectivity index (χ1) is 7.04. The fourth-order valence-corrected chi connectivity index (χ4v) is 1.00. The molecule has 0 spiro atoms. The minimum atomic E-state index is -0.730. The normalized spacial score (nSPS) is 12.1. The van der Waals surface area contributed by atoms with Crippen LogP contribution in [0.25, 0.3) is 0 Å². The number of methoxy groups -OCH3 is 1. The fourth-order valence-electron chi connectivity index (χ4n) is 1.00. The lowest BCUT2D eigenvalue weighted by Crippen LogP contribution is -2.15. The first-order valence-electron chi connectivity index (χ1n) is 4.11. The van der Waals surface area contributed by atoms with Crippen molar-refractivity contribution in [2.24, 2.45) is 5.73 Å². The molecule has 0 bridgehead atoms. The van der Waals surface area contributed by atoms with E-state index in [4.69, 9.17) is 10.2 Å². The zero-order valence-corrected chi connectivity index (χ0v) is 8.00. The van der Waals surface area contributed by atoms with E-state index in [1.807, 2.05) is 0 Å². The summed E-state index contributed by atoms with van der Waals surface area (Å²) in [5.74, 6) is -0.709. The summed E-state index contributed by atoms with van der Waals surface area (Å²) in [6.07, 6.45) is -0.0822. The Morgan fingerprint density at radius 1 is 1.73 bits per heavy atom. The van der Waals surface area contributed by atoms with Gasteiger partial charge < -0.3 is 14.9 Å². The molecule has 0 amide bonds. The zero-order chi connectivity index (χ0) is 11.4. The lowest BCUT2D eigenvalue weighted by Gasteiger charge is -2.05. The minimum absolute atomic E-state index is 0.0822. The molecule has 1 aromatic heterocycles. The minimum Gasteiger partial charge on any atom is -0.469 e. The van der Waals surface area contributed by atoms with Crippen molar-refractivity contribution in [3.8, 4) is 0 Å². The van der Waals surface area contributed by atoms with Crippen molar-refractivity contribution in [3.05, 3.63) is 28.0 Å². The summed E-state index contributed by atoms with van der Waals surface area (Å²) in [4.78, 5) is 20.5. The van der Waals surface area contributed by atoms with Gasteiger partial charge in [0.05, 0.1) is 25.6 Å². The number of furan rings is 1. The zero-order valence-electron chi connectivity index (χ0n) is 8.00. The largest absolute Gasteiger partial charge is 0.469 e. The van der Waals surface area contributed by atoms with Crippen LogP contribution in [0, 0.1) is 10.1 Å².